The number of amides is 1. The second kappa shape index (κ2) is 7.75. The third-order valence-electron chi connectivity index (χ3n) is 3.94. The average Bonchev–Trinajstić information content (AvgIpc) is 2.49. The molecule has 1 aliphatic carbocycles. The van der Waals surface area contributed by atoms with Crippen LogP contribution in [0.15, 0.2) is 34.7 Å². The number of carbonyl (C=O) groups is 1. The maximum Gasteiger partial charge on any atom is 0.240 e. The highest BCUT2D eigenvalue weighted by atomic mass is 32.2. The van der Waals surface area contributed by atoms with Crippen LogP contribution in [0.3, 0.4) is 0 Å². The lowest BCUT2D eigenvalue weighted by molar-refractivity contribution is -0.114. The molecular weight excluding hydrogens is 312 g/mol. The van der Waals surface area contributed by atoms with E-state index in [1.54, 1.807) is 19.1 Å². The van der Waals surface area contributed by atoms with Gasteiger partial charge >= 0.3 is 0 Å². The first-order valence-electron chi connectivity index (χ1n) is 7.94. The Kier molecular flexibility index (Phi) is 5.96. The number of rotatable bonds is 6. The van der Waals surface area contributed by atoms with Gasteiger partial charge in [-0.2, -0.15) is 0 Å². The molecule has 1 aromatic rings. The van der Waals surface area contributed by atoms with E-state index in [4.69, 9.17) is 0 Å². The molecule has 5 nitrogen and oxygen atoms in total. The molecule has 2 N–H and O–H groups in total. The Morgan fingerprint density at radius 1 is 1.26 bits per heavy atom. The minimum atomic E-state index is -3.52. The predicted octanol–water partition coefficient (Wildman–Crippen LogP) is 3.12. The standard InChI is InChI=1S/C17H24N2O3S/c1-13-12-16(8-9-17(13)19-14(2)20)23(21,22)18-11-10-15-6-4-3-5-7-15/h6,8-9,12,18H,3-5,7,10-11H2,1-2H3,(H,19,20). The second-order valence-corrected chi connectivity index (χ2v) is 7.68. The molecule has 0 atom stereocenters. The van der Waals surface area contributed by atoms with Gasteiger partial charge < -0.3 is 5.32 Å². The van der Waals surface area contributed by atoms with E-state index in [9.17, 15) is 13.2 Å². The van der Waals surface area contributed by atoms with Crippen molar-refractivity contribution in [2.75, 3.05) is 11.9 Å². The first-order chi connectivity index (χ1) is 10.9. The molecule has 0 saturated heterocycles. The Morgan fingerprint density at radius 3 is 2.65 bits per heavy atom. The van der Waals surface area contributed by atoms with E-state index in [1.807, 2.05) is 0 Å². The van der Waals surface area contributed by atoms with Crippen molar-refractivity contribution in [2.24, 2.45) is 0 Å². The Hall–Kier alpha value is -1.66. The Balaban J connectivity index is 2.00. The lowest BCUT2D eigenvalue weighted by atomic mass is 9.97. The van der Waals surface area contributed by atoms with E-state index in [1.165, 1.54) is 31.4 Å². The summed E-state index contributed by atoms with van der Waals surface area (Å²) in [7, 11) is -3.52. The third kappa shape index (κ3) is 5.18. The molecule has 6 heteroatoms. The van der Waals surface area contributed by atoms with Crippen LogP contribution in [0.2, 0.25) is 0 Å². The number of allylic oxidation sites excluding steroid dienone is 1. The number of aryl methyl sites for hydroxylation is 1. The maximum absolute atomic E-state index is 12.3. The van der Waals surface area contributed by atoms with E-state index in [2.05, 4.69) is 16.1 Å². The topological polar surface area (TPSA) is 75.3 Å². The molecule has 0 unspecified atom stereocenters. The Bertz CT molecular complexity index is 709. The summed E-state index contributed by atoms with van der Waals surface area (Å²) in [6.07, 6.45) is 7.60. The van der Waals surface area contributed by atoms with Crippen LogP contribution in [0.25, 0.3) is 0 Å². The summed E-state index contributed by atoms with van der Waals surface area (Å²) in [4.78, 5) is 11.3. The Labute approximate surface area is 138 Å². The summed E-state index contributed by atoms with van der Waals surface area (Å²) in [5, 5.41) is 2.68. The van der Waals surface area contributed by atoms with E-state index in [0.717, 1.165) is 24.8 Å². The van der Waals surface area contributed by atoms with Crippen LogP contribution in [0.4, 0.5) is 5.69 Å². The molecule has 0 spiro atoms. The van der Waals surface area contributed by atoms with E-state index in [0.29, 0.717) is 12.2 Å². The van der Waals surface area contributed by atoms with Gasteiger partial charge in [0.1, 0.15) is 0 Å². The van der Waals surface area contributed by atoms with Gasteiger partial charge in [-0.05, 0) is 62.8 Å². The second-order valence-electron chi connectivity index (χ2n) is 5.91. The van der Waals surface area contributed by atoms with Crippen molar-refractivity contribution in [3.05, 3.63) is 35.4 Å². The SMILES string of the molecule is CC(=O)Nc1ccc(S(=O)(=O)NCCC2=CCCCC2)cc1C. The zero-order chi connectivity index (χ0) is 16.9. The van der Waals surface area contributed by atoms with Gasteiger partial charge in [-0.15, -0.1) is 0 Å². The molecule has 0 aromatic heterocycles. The maximum atomic E-state index is 12.3. The first-order valence-corrected chi connectivity index (χ1v) is 9.42. The van der Waals surface area contributed by atoms with Crippen molar-refractivity contribution in [2.45, 2.75) is 50.8 Å². The van der Waals surface area contributed by atoms with E-state index >= 15 is 0 Å². The van der Waals surface area contributed by atoms with Crippen molar-refractivity contribution in [1.29, 1.82) is 0 Å². The Morgan fingerprint density at radius 2 is 2.04 bits per heavy atom. The summed E-state index contributed by atoms with van der Waals surface area (Å²) in [5.74, 6) is -0.178. The first kappa shape index (κ1) is 17.7. The van der Waals surface area contributed by atoms with Crippen LogP contribution < -0.4 is 10.0 Å². The summed E-state index contributed by atoms with van der Waals surface area (Å²) >= 11 is 0. The van der Waals surface area contributed by atoms with Crippen molar-refractivity contribution < 1.29 is 13.2 Å². The number of hydrogen-bond donors (Lipinski definition) is 2. The van der Waals surface area contributed by atoms with Crippen LogP contribution in [0.5, 0.6) is 0 Å². The van der Waals surface area contributed by atoms with E-state index in [-0.39, 0.29) is 10.8 Å². The molecule has 23 heavy (non-hydrogen) atoms. The highest BCUT2D eigenvalue weighted by molar-refractivity contribution is 7.89. The number of sulfonamides is 1. The number of nitrogens with one attached hydrogen (secondary N) is 2. The molecule has 0 saturated carbocycles. The number of anilines is 1. The summed E-state index contributed by atoms with van der Waals surface area (Å²) in [6, 6.07) is 4.71. The van der Waals surface area contributed by atoms with Crippen molar-refractivity contribution >= 4 is 21.6 Å². The molecule has 1 aliphatic rings. The van der Waals surface area contributed by atoms with Gasteiger partial charge in [-0.25, -0.2) is 13.1 Å². The smallest absolute Gasteiger partial charge is 0.240 e. The molecule has 1 aromatic carbocycles. The summed E-state index contributed by atoms with van der Waals surface area (Å²) < 4.78 is 27.3. The molecule has 2 rings (SSSR count). The van der Waals surface area contributed by atoms with Crippen LogP contribution in [0, 0.1) is 6.92 Å². The predicted molar refractivity (Wildman–Crippen MR) is 91.8 cm³/mol. The molecule has 0 bridgehead atoms. The highest BCUT2D eigenvalue weighted by Gasteiger charge is 2.15. The largest absolute Gasteiger partial charge is 0.326 e. The van der Waals surface area contributed by atoms with Crippen LogP contribution in [-0.2, 0) is 14.8 Å². The van der Waals surface area contributed by atoms with Crippen LogP contribution >= 0.6 is 0 Å². The molecule has 126 valence electrons. The van der Waals surface area contributed by atoms with Gasteiger partial charge in [-0.1, -0.05) is 11.6 Å². The highest BCUT2D eigenvalue weighted by Crippen LogP contribution is 2.21. The average molecular weight is 336 g/mol. The fourth-order valence-corrected chi connectivity index (χ4v) is 3.81. The monoisotopic (exact) mass is 336 g/mol. The molecular formula is C17H24N2O3S. The van der Waals surface area contributed by atoms with Gasteiger partial charge in [-0.3, -0.25) is 4.79 Å². The fraction of sp³-hybridized carbons (Fsp3) is 0.471. The molecule has 0 heterocycles. The zero-order valence-corrected chi connectivity index (χ0v) is 14.5. The van der Waals surface area contributed by atoms with Crippen molar-refractivity contribution in [3.63, 3.8) is 0 Å². The zero-order valence-electron chi connectivity index (χ0n) is 13.7. The van der Waals surface area contributed by atoms with Crippen LogP contribution in [-0.4, -0.2) is 20.9 Å². The van der Waals surface area contributed by atoms with Crippen LogP contribution in [0.1, 0.15) is 44.6 Å². The lowest BCUT2D eigenvalue weighted by Crippen LogP contribution is -2.25. The summed E-state index contributed by atoms with van der Waals surface area (Å²) in [6.45, 7) is 3.61. The van der Waals surface area contributed by atoms with Gasteiger partial charge in [0.05, 0.1) is 4.90 Å². The van der Waals surface area contributed by atoms with Crippen molar-refractivity contribution in [3.8, 4) is 0 Å². The minimum absolute atomic E-state index is 0.178. The van der Waals surface area contributed by atoms with Gasteiger partial charge in [0.2, 0.25) is 15.9 Å². The number of benzene rings is 1. The quantitative estimate of drug-likeness (QED) is 0.784. The van der Waals surface area contributed by atoms with Gasteiger partial charge in [0, 0.05) is 19.2 Å². The summed E-state index contributed by atoms with van der Waals surface area (Å²) in [5.41, 5.74) is 2.69. The van der Waals surface area contributed by atoms with E-state index < -0.39 is 10.0 Å². The third-order valence-corrected chi connectivity index (χ3v) is 5.40. The molecule has 0 fully saturated rings. The molecule has 0 radical (unpaired) electrons. The lowest BCUT2D eigenvalue weighted by Gasteiger charge is -2.14. The molecule has 1 amide bonds. The molecule has 0 aliphatic heterocycles. The fourth-order valence-electron chi connectivity index (χ4n) is 2.69. The minimum Gasteiger partial charge on any atom is -0.326 e. The van der Waals surface area contributed by atoms with Gasteiger partial charge in [0.15, 0.2) is 0 Å². The van der Waals surface area contributed by atoms with Crippen molar-refractivity contribution in [1.82, 2.24) is 4.72 Å². The number of carbonyl (C=O) groups excluding carboxylic acids is 1. The normalized spacial score (nSPS) is 15.1. The van der Waals surface area contributed by atoms with Gasteiger partial charge in [0.25, 0.3) is 0 Å². The number of hydrogen-bond acceptors (Lipinski definition) is 3.